The predicted molar refractivity (Wildman–Crippen MR) is 69.6 cm³/mol. The molecule has 7 nitrogen and oxygen atoms in total. The number of methoxy groups -OCH3 is 1. The average molecular weight is 268 g/mol. The van der Waals surface area contributed by atoms with Gasteiger partial charge in [0.1, 0.15) is 11.4 Å². The molecule has 0 fully saturated rings. The first-order valence-electron chi connectivity index (χ1n) is 5.57. The van der Waals surface area contributed by atoms with Crippen LogP contribution in [0.1, 0.15) is 20.3 Å². The Kier molecular flexibility index (Phi) is 4.31. The number of nitro groups is 1. The Balaban J connectivity index is 3.06. The van der Waals surface area contributed by atoms with Crippen molar-refractivity contribution in [2.75, 3.05) is 12.4 Å². The van der Waals surface area contributed by atoms with Gasteiger partial charge in [-0.1, -0.05) is 0 Å². The summed E-state index contributed by atoms with van der Waals surface area (Å²) in [4.78, 5) is 21.2. The Bertz CT molecular complexity index is 499. The predicted octanol–water partition coefficient (Wildman–Crippen LogP) is 2.27. The van der Waals surface area contributed by atoms with E-state index in [0.717, 1.165) is 0 Å². The number of carboxylic acids is 1. The first-order chi connectivity index (χ1) is 8.75. The summed E-state index contributed by atoms with van der Waals surface area (Å²) < 4.78 is 4.93. The van der Waals surface area contributed by atoms with Gasteiger partial charge < -0.3 is 15.2 Å². The molecule has 0 aromatic heterocycles. The van der Waals surface area contributed by atoms with Gasteiger partial charge in [0.05, 0.1) is 24.5 Å². The third-order valence-corrected chi connectivity index (χ3v) is 2.47. The minimum Gasteiger partial charge on any atom is -0.496 e. The van der Waals surface area contributed by atoms with Crippen LogP contribution in [0.3, 0.4) is 0 Å². The van der Waals surface area contributed by atoms with Crippen LogP contribution >= 0.6 is 0 Å². The van der Waals surface area contributed by atoms with Gasteiger partial charge in [0, 0.05) is 5.54 Å². The lowest BCUT2D eigenvalue weighted by Crippen LogP contribution is -2.33. The SMILES string of the molecule is COc1ccc(NC(C)(C)CC(=O)O)c([N+](=O)[O-])c1. The van der Waals surface area contributed by atoms with Crippen LogP contribution in [0, 0.1) is 10.1 Å². The van der Waals surface area contributed by atoms with E-state index in [0.29, 0.717) is 5.75 Å². The lowest BCUT2D eigenvalue weighted by atomic mass is 10.00. The first-order valence-corrected chi connectivity index (χ1v) is 5.57. The number of nitrogens with zero attached hydrogens (tertiary/aromatic N) is 1. The second-order valence-electron chi connectivity index (χ2n) is 4.72. The molecule has 0 amide bonds. The van der Waals surface area contributed by atoms with Gasteiger partial charge in [-0.3, -0.25) is 14.9 Å². The number of hydrogen-bond donors (Lipinski definition) is 2. The molecule has 0 radical (unpaired) electrons. The fraction of sp³-hybridized carbons (Fsp3) is 0.417. The molecule has 1 rings (SSSR count). The van der Waals surface area contributed by atoms with Gasteiger partial charge in [-0.2, -0.15) is 0 Å². The van der Waals surface area contributed by atoms with Crippen LogP contribution in [-0.2, 0) is 4.79 Å². The van der Waals surface area contributed by atoms with E-state index in [1.807, 2.05) is 0 Å². The Morgan fingerprint density at radius 2 is 2.16 bits per heavy atom. The van der Waals surface area contributed by atoms with Crippen molar-refractivity contribution < 1.29 is 19.6 Å². The first kappa shape index (κ1) is 14.7. The number of rotatable bonds is 6. The van der Waals surface area contributed by atoms with Gasteiger partial charge in [0.25, 0.3) is 5.69 Å². The van der Waals surface area contributed by atoms with Crippen LogP contribution in [0.15, 0.2) is 18.2 Å². The molecule has 0 atom stereocenters. The number of aliphatic carboxylic acids is 1. The summed E-state index contributed by atoms with van der Waals surface area (Å²) >= 11 is 0. The number of hydrogen-bond acceptors (Lipinski definition) is 5. The number of ether oxygens (including phenoxy) is 1. The number of nitro benzene ring substituents is 1. The second-order valence-corrected chi connectivity index (χ2v) is 4.72. The maximum Gasteiger partial charge on any atom is 0.305 e. The van der Waals surface area contributed by atoms with Crippen LogP contribution in [0.2, 0.25) is 0 Å². The number of benzene rings is 1. The van der Waals surface area contributed by atoms with Crippen LogP contribution in [0.4, 0.5) is 11.4 Å². The van der Waals surface area contributed by atoms with Crippen LogP contribution < -0.4 is 10.1 Å². The van der Waals surface area contributed by atoms with E-state index in [1.54, 1.807) is 19.9 Å². The van der Waals surface area contributed by atoms with Crippen LogP contribution in [-0.4, -0.2) is 28.6 Å². The molecule has 0 unspecified atom stereocenters. The minimum atomic E-state index is -0.978. The molecule has 0 aliphatic rings. The molecule has 0 saturated carbocycles. The van der Waals surface area contributed by atoms with Gasteiger partial charge in [-0.25, -0.2) is 0 Å². The number of carbonyl (C=O) groups is 1. The fourth-order valence-corrected chi connectivity index (χ4v) is 1.68. The lowest BCUT2D eigenvalue weighted by molar-refractivity contribution is -0.384. The molecule has 104 valence electrons. The highest BCUT2D eigenvalue weighted by atomic mass is 16.6. The number of anilines is 1. The van der Waals surface area contributed by atoms with E-state index in [-0.39, 0.29) is 17.8 Å². The van der Waals surface area contributed by atoms with E-state index in [1.165, 1.54) is 19.2 Å². The normalized spacial score (nSPS) is 10.9. The highest BCUT2D eigenvalue weighted by Gasteiger charge is 2.25. The molecule has 0 bridgehead atoms. The van der Waals surface area contributed by atoms with E-state index in [9.17, 15) is 14.9 Å². The highest BCUT2D eigenvalue weighted by molar-refractivity contribution is 5.71. The summed E-state index contributed by atoms with van der Waals surface area (Å²) in [6.07, 6.45) is -0.157. The van der Waals surface area contributed by atoms with Crippen molar-refractivity contribution in [3.63, 3.8) is 0 Å². The molecule has 0 aliphatic heterocycles. The molecule has 2 N–H and O–H groups in total. The molecule has 0 heterocycles. The third-order valence-electron chi connectivity index (χ3n) is 2.47. The Hall–Kier alpha value is -2.31. The molecule has 7 heteroatoms. The van der Waals surface area contributed by atoms with E-state index >= 15 is 0 Å². The van der Waals surface area contributed by atoms with E-state index in [2.05, 4.69) is 5.32 Å². The van der Waals surface area contributed by atoms with Crippen molar-refractivity contribution in [1.29, 1.82) is 0 Å². The number of carboxylic acid groups (broad SMARTS) is 1. The molecule has 1 aromatic rings. The van der Waals surface area contributed by atoms with Crippen molar-refractivity contribution in [2.24, 2.45) is 0 Å². The summed E-state index contributed by atoms with van der Waals surface area (Å²) in [7, 11) is 1.42. The monoisotopic (exact) mass is 268 g/mol. The second kappa shape index (κ2) is 5.55. The van der Waals surface area contributed by atoms with Crippen molar-refractivity contribution in [2.45, 2.75) is 25.8 Å². The fourth-order valence-electron chi connectivity index (χ4n) is 1.68. The maximum atomic E-state index is 11.0. The third kappa shape index (κ3) is 4.13. The summed E-state index contributed by atoms with van der Waals surface area (Å²) in [6.45, 7) is 3.32. The van der Waals surface area contributed by atoms with Crippen molar-refractivity contribution in [3.05, 3.63) is 28.3 Å². The molecule has 0 aliphatic carbocycles. The quantitative estimate of drug-likeness (QED) is 0.606. The van der Waals surface area contributed by atoms with Gasteiger partial charge in [-0.05, 0) is 26.0 Å². The number of nitrogens with one attached hydrogen (secondary N) is 1. The van der Waals surface area contributed by atoms with Crippen molar-refractivity contribution in [1.82, 2.24) is 0 Å². The summed E-state index contributed by atoms with van der Waals surface area (Å²) in [5.74, 6) is -0.609. The van der Waals surface area contributed by atoms with Gasteiger partial charge in [0.15, 0.2) is 0 Å². The van der Waals surface area contributed by atoms with Gasteiger partial charge in [0.2, 0.25) is 0 Å². The average Bonchev–Trinajstić information content (AvgIpc) is 2.26. The minimum absolute atomic E-state index is 0.155. The summed E-state index contributed by atoms with van der Waals surface area (Å²) in [6, 6.07) is 4.37. The Labute approximate surface area is 110 Å². The van der Waals surface area contributed by atoms with Crippen molar-refractivity contribution >= 4 is 17.3 Å². The van der Waals surface area contributed by atoms with E-state index < -0.39 is 16.4 Å². The topological polar surface area (TPSA) is 102 Å². The van der Waals surface area contributed by atoms with Crippen LogP contribution in [0.5, 0.6) is 5.75 Å². The summed E-state index contributed by atoms with van der Waals surface area (Å²) in [5.41, 5.74) is -0.694. The maximum absolute atomic E-state index is 11.0. The van der Waals surface area contributed by atoms with Gasteiger partial charge in [-0.15, -0.1) is 0 Å². The largest absolute Gasteiger partial charge is 0.496 e. The summed E-state index contributed by atoms with van der Waals surface area (Å²) in [5, 5.41) is 22.7. The van der Waals surface area contributed by atoms with Gasteiger partial charge >= 0.3 is 5.97 Å². The molecular weight excluding hydrogens is 252 g/mol. The zero-order chi connectivity index (χ0) is 14.6. The molecule has 19 heavy (non-hydrogen) atoms. The molecule has 1 aromatic carbocycles. The smallest absolute Gasteiger partial charge is 0.305 e. The zero-order valence-electron chi connectivity index (χ0n) is 11.0. The Morgan fingerprint density at radius 1 is 1.53 bits per heavy atom. The lowest BCUT2D eigenvalue weighted by Gasteiger charge is -2.25. The molecule has 0 saturated heterocycles. The van der Waals surface area contributed by atoms with Crippen molar-refractivity contribution in [3.8, 4) is 5.75 Å². The molecular formula is C12H16N2O5. The highest BCUT2D eigenvalue weighted by Crippen LogP contribution is 2.31. The standard InChI is InChI=1S/C12H16N2O5/c1-12(2,7-11(15)16)13-9-5-4-8(19-3)6-10(9)14(17)18/h4-6,13H,7H2,1-3H3,(H,15,16). The Morgan fingerprint density at radius 3 is 2.63 bits per heavy atom. The van der Waals surface area contributed by atoms with Crippen LogP contribution in [0.25, 0.3) is 0 Å². The molecule has 0 spiro atoms. The van der Waals surface area contributed by atoms with E-state index in [4.69, 9.17) is 9.84 Å². The zero-order valence-corrected chi connectivity index (χ0v) is 11.0.